The first-order chi connectivity index (χ1) is 20.0. The van der Waals surface area contributed by atoms with E-state index in [-0.39, 0.29) is 6.10 Å². The van der Waals surface area contributed by atoms with Crippen LogP contribution in [0.2, 0.25) is 0 Å². The van der Waals surface area contributed by atoms with Crippen molar-refractivity contribution in [2.45, 2.75) is 20.0 Å². The van der Waals surface area contributed by atoms with E-state index in [9.17, 15) is 4.79 Å². The Hall–Kier alpha value is -5.44. The summed E-state index contributed by atoms with van der Waals surface area (Å²) in [5.41, 5.74) is 5.93. The van der Waals surface area contributed by atoms with Crippen molar-refractivity contribution < 1.29 is 14.3 Å². The Labute approximate surface area is 236 Å². The minimum Gasteiger partial charge on any atom is -0.491 e. The smallest absolute Gasteiger partial charge is 0.337 e. The van der Waals surface area contributed by atoms with Crippen molar-refractivity contribution in [2.24, 2.45) is 0 Å². The van der Waals surface area contributed by atoms with Crippen molar-refractivity contribution in [3.8, 4) is 45.5 Å². The number of esters is 1. The van der Waals surface area contributed by atoms with Crippen molar-refractivity contribution >= 4 is 17.0 Å². The first kappa shape index (κ1) is 25.8. The first-order valence-electron chi connectivity index (χ1n) is 13.1. The summed E-state index contributed by atoms with van der Waals surface area (Å²) in [4.78, 5) is 30.6. The van der Waals surface area contributed by atoms with Crippen molar-refractivity contribution in [2.75, 3.05) is 7.11 Å². The number of fused-ring (bicyclic) bond motifs is 1. The standard InChI is InChI=1S/C32H26N6O3/c1-20(2)41-26-11-7-21(8-12-26)27-13-10-24(19-35-27)30-36-31(22-9-14-28-29(18-22)34-16-15-33-28)38(37-30)25-6-4-5-23(17-25)32(39)40-3/h4-20H,1-3H3. The van der Waals surface area contributed by atoms with Crippen molar-refractivity contribution in [1.82, 2.24) is 29.7 Å². The number of nitrogens with zero attached hydrogens (tertiary/aromatic N) is 6. The van der Waals surface area contributed by atoms with E-state index in [0.717, 1.165) is 39.2 Å². The SMILES string of the molecule is COC(=O)c1cccc(-n2nc(-c3ccc(-c4ccc(OC(C)C)cc4)nc3)nc2-c2ccc3nccnc3c2)c1. The van der Waals surface area contributed by atoms with Gasteiger partial charge in [0, 0.05) is 35.3 Å². The molecule has 6 rings (SSSR count). The molecule has 0 amide bonds. The van der Waals surface area contributed by atoms with E-state index in [0.29, 0.717) is 22.9 Å². The van der Waals surface area contributed by atoms with Gasteiger partial charge in [0.2, 0.25) is 0 Å². The molecule has 0 fully saturated rings. The van der Waals surface area contributed by atoms with Crippen LogP contribution in [-0.2, 0) is 4.74 Å². The molecule has 0 bridgehead atoms. The number of hydrogen-bond donors (Lipinski definition) is 0. The van der Waals surface area contributed by atoms with Crippen LogP contribution in [0.5, 0.6) is 5.75 Å². The predicted octanol–water partition coefficient (Wildman–Crippen LogP) is 6.18. The van der Waals surface area contributed by atoms with Gasteiger partial charge in [0.05, 0.1) is 41.2 Å². The summed E-state index contributed by atoms with van der Waals surface area (Å²) in [5.74, 6) is 1.46. The van der Waals surface area contributed by atoms with Gasteiger partial charge >= 0.3 is 5.97 Å². The summed E-state index contributed by atoms with van der Waals surface area (Å²) in [6.45, 7) is 4.00. The molecular weight excluding hydrogens is 516 g/mol. The van der Waals surface area contributed by atoms with Crippen LogP contribution in [-0.4, -0.2) is 48.9 Å². The third-order valence-electron chi connectivity index (χ3n) is 6.39. The average molecular weight is 543 g/mol. The van der Waals surface area contributed by atoms with E-state index in [1.807, 2.05) is 74.5 Å². The summed E-state index contributed by atoms with van der Waals surface area (Å²) in [6, 6.07) is 24.6. The minimum atomic E-state index is -0.432. The highest BCUT2D eigenvalue weighted by Crippen LogP contribution is 2.29. The van der Waals surface area contributed by atoms with E-state index in [4.69, 9.17) is 19.6 Å². The van der Waals surface area contributed by atoms with Crippen LogP contribution in [0.3, 0.4) is 0 Å². The van der Waals surface area contributed by atoms with E-state index in [1.54, 1.807) is 41.5 Å². The zero-order chi connectivity index (χ0) is 28.3. The number of benzene rings is 3. The van der Waals surface area contributed by atoms with Crippen LogP contribution < -0.4 is 4.74 Å². The molecule has 0 aliphatic carbocycles. The third-order valence-corrected chi connectivity index (χ3v) is 6.39. The molecule has 0 aliphatic heterocycles. The van der Waals surface area contributed by atoms with Gasteiger partial charge in [-0.1, -0.05) is 6.07 Å². The molecule has 0 N–H and O–H groups in total. The molecule has 3 aromatic heterocycles. The van der Waals surface area contributed by atoms with Crippen molar-refractivity contribution in [1.29, 1.82) is 0 Å². The number of ether oxygens (including phenoxy) is 2. The summed E-state index contributed by atoms with van der Waals surface area (Å²) >= 11 is 0. The fraction of sp³-hybridized carbons (Fsp3) is 0.125. The molecular formula is C32H26N6O3. The molecule has 0 saturated heterocycles. The molecule has 9 nitrogen and oxygen atoms in total. The van der Waals surface area contributed by atoms with Crippen LogP contribution in [0.1, 0.15) is 24.2 Å². The maximum Gasteiger partial charge on any atom is 0.337 e. The van der Waals surface area contributed by atoms with Crippen LogP contribution in [0.4, 0.5) is 0 Å². The second-order valence-corrected chi connectivity index (χ2v) is 9.60. The van der Waals surface area contributed by atoms with Gasteiger partial charge in [-0.15, -0.1) is 5.10 Å². The van der Waals surface area contributed by atoms with Crippen molar-refractivity contribution in [3.63, 3.8) is 0 Å². The number of aromatic nitrogens is 6. The molecule has 41 heavy (non-hydrogen) atoms. The van der Waals surface area contributed by atoms with Gasteiger partial charge in [-0.3, -0.25) is 15.0 Å². The van der Waals surface area contributed by atoms with Crippen LogP contribution in [0, 0.1) is 0 Å². The highest BCUT2D eigenvalue weighted by Gasteiger charge is 2.18. The predicted molar refractivity (Wildman–Crippen MR) is 156 cm³/mol. The Morgan fingerprint density at radius 3 is 2.29 bits per heavy atom. The number of methoxy groups -OCH3 is 1. The molecule has 0 radical (unpaired) electrons. The summed E-state index contributed by atoms with van der Waals surface area (Å²) < 4.78 is 12.4. The monoisotopic (exact) mass is 542 g/mol. The van der Waals surface area contributed by atoms with Gasteiger partial charge in [0.25, 0.3) is 0 Å². The third kappa shape index (κ3) is 5.38. The average Bonchev–Trinajstić information content (AvgIpc) is 3.46. The molecule has 3 heterocycles. The van der Waals surface area contributed by atoms with Crippen LogP contribution >= 0.6 is 0 Å². The minimum absolute atomic E-state index is 0.112. The molecule has 0 spiro atoms. The molecule has 6 aromatic rings. The molecule has 0 unspecified atom stereocenters. The van der Waals surface area contributed by atoms with Gasteiger partial charge in [-0.05, 0) is 86.6 Å². The van der Waals surface area contributed by atoms with Crippen LogP contribution in [0.15, 0.2) is 97.5 Å². The second-order valence-electron chi connectivity index (χ2n) is 9.60. The molecule has 0 saturated carbocycles. The number of carbonyl (C=O) groups is 1. The normalized spacial score (nSPS) is 11.1. The Kier molecular flexibility index (Phi) is 6.91. The highest BCUT2D eigenvalue weighted by molar-refractivity contribution is 5.90. The van der Waals surface area contributed by atoms with Crippen LogP contribution in [0.25, 0.3) is 50.8 Å². The van der Waals surface area contributed by atoms with Gasteiger partial charge in [0.1, 0.15) is 5.75 Å². The summed E-state index contributed by atoms with van der Waals surface area (Å²) in [6.07, 6.45) is 5.18. The van der Waals surface area contributed by atoms with E-state index < -0.39 is 5.97 Å². The van der Waals surface area contributed by atoms with Gasteiger partial charge in [-0.25, -0.2) is 14.5 Å². The molecule has 9 heteroatoms. The Bertz CT molecular complexity index is 1850. The maximum atomic E-state index is 12.2. The quantitative estimate of drug-likeness (QED) is 0.220. The number of carbonyl (C=O) groups excluding carboxylic acids is 1. The molecule has 202 valence electrons. The number of pyridine rings is 1. The number of hydrogen-bond acceptors (Lipinski definition) is 8. The molecule has 0 aliphatic rings. The molecule has 0 atom stereocenters. The van der Waals surface area contributed by atoms with Crippen molar-refractivity contribution in [3.05, 3.63) is 103 Å². The highest BCUT2D eigenvalue weighted by atomic mass is 16.5. The molecule has 3 aromatic carbocycles. The van der Waals surface area contributed by atoms with E-state index in [1.165, 1.54) is 7.11 Å². The Morgan fingerprint density at radius 2 is 1.56 bits per heavy atom. The Balaban J connectivity index is 1.40. The fourth-order valence-corrected chi connectivity index (χ4v) is 4.46. The lowest BCUT2D eigenvalue weighted by Gasteiger charge is -2.10. The number of rotatable bonds is 7. The maximum absolute atomic E-state index is 12.2. The lowest BCUT2D eigenvalue weighted by molar-refractivity contribution is 0.0600. The fourth-order valence-electron chi connectivity index (χ4n) is 4.46. The summed E-state index contributed by atoms with van der Waals surface area (Å²) in [7, 11) is 1.36. The van der Waals surface area contributed by atoms with Gasteiger partial charge in [-0.2, -0.15) is 0 Å². The zero-order valence-corrected chi connectivity index (χ0v) is 22.7. The van der Waals surface area contributed by atoms with E-state index >= 15 is 0 Å². The largest absolute Gasteiger partial charge is 0.491 e. The Morgan fingerprint density at radius 1 is 0.805 bits per heavy atom. The van der Waals surface area contributed by atoms with E-state index in [2.05, 4.69) is 15.0 Å². The topological polar surface area (TPSA) is 105 Å². The first-order valence-corrected chi connectivity index (χ1v) is 13.1. The lowest BCUT2D eigenvalue weighted by atomic mass is 10.1. The second kappa shape index (κ2) is 11.0. The zero-order valence-electron chi connectivity index (χ0n) is 22.7. The van der Waals surface area contributed by atoms with Gasteiger partial charge in [0.15, 0.2) is 11.6 Å². The summed E-state index contributed by atoms with van der Waals surface area (Å²) in [5, 5.41) is 4.84. The lowest BCUT2D eigenvalue weighted by Crippen LogP contribution is -2.05. The van der Waals surface area contributed by atoms with Gasteiger partial charge < -0.3 is 9.47 Å².